The zero-order valence-electron chi connectivity index (χ0n) is 11.9. The van der Waals surface area contributed by atoms with Crippen LogP contribution in [0.25, 0.3) is 0 Å². The predicted molar refractivity (Wildman–Crippen MR) is 80.0 cm³/mol. The number of nitrogens with two attached hydrogens (primary N) is 1. The molecule has 1 saturated heterocycles. The van der Waals surface area contributed by atoms with E-state index in [1.165, 1.54) is 6.07 Å². The van der Waals surface area contributed by atoms with Crippen molar-refractivity contribution in [3.8, 4) is 0 Å². The molecule has 1 unspecified atom stereocenters. The first-order valence-corrected chi connectivity index (χ1v) is 6.61. The summed E-state index contributed by atoms with van der Waals surface area (Å²) in [6.45, 7) is 9.25. The maximum atomic E-state index is 13.3. The van der Waals surface area contributed by atoms with Crippen molar-refractivity contribution in [2.45, 2.75) is 39.8 Å². The van der Waals surface area contributed by atoms with Gasteiger partial charge in [-0.05, 0) is 42.0 Å². The zero-order valence-corrected chi connectivity index (χ0v) is 12.8. The topological polar surface area (TPSA) is 29.3 Å². The van der Waals surface area contributed by atoms with E-state index >= 15 is 0 Å². The maximum Gasteiger partial charge on any atom is 0.123 e. The second-order valence-corrected chi connectivity index (χ2v) is 6.17. The lowest BCUT2D eigenvalue weighted by molar-refractivity contribution is 0.0897. The molecular formula is C15H24ClFN2. The Labute approximate surface area is 121 Å². The molecular weight excluding hydrogens is 263 g/mol. The summed E-state index contributed by atoms with van der Waals surface area (Å²) >= 11 is 0. The SMILES string of the molecule is Cc1ccc(F)cc1CN1CCC(N)C(C)(C)C1.Cl. The van der Waals surface area contributed by atoms with Crippen LogP contribution in [0, 0.1) is 18.2 Å². The van der Waals surface area contributed by atoms with Crippen LogP contribution in [0.3, 0.4) is 0 Å². The van der Waals surface area contributed by atoms with E-state index in [0.29, 0.717) is 0 Å². The van der Waals surface area contributed by atoms with E-state index in [1.54, 1.807) is 6.07 Å². The van der Waals surface area contributed by atoms with Crippen LogP contribution >= 0.6 is 12.4 Å². The van der Waals surface area contributed by atoms with E-state index in [2.05, 4.69) is 18.7 Å². The van der Waals surface area contributed by atoms with E-state index < -0.39 is 0 Å². The molecule has 0 radical (unpaired) electrons. The minimum Gasteiger partial charge on any atom is -0.327 e. The van der Waals surface area contributed by atoms with Gasteiger partial charge in [0.2, 0.25) is 0 Å². The van der Waals surface area contributed by atoms with Crippen molar-refractivity contribution in [2.75, 3.05) is 13.1 Å². The van der Waals surface area contributed by atoms with E-state index in [-0.39, 0.29) is 29.7 Å². The second kappa shape index (κ2) is 6.21. The molecule has 1 heterocycles. The number of nitrogens with zero attached hydrogens (tertiary/aromatic N) is 1. The Balaban J connectivity index is 0.00000180. The highest BCUT2D eigenvalue weighted by Crippen LogP contribution is 2.29. The molecule has 0 saturated carbocycles. The summed E-state index contributed by atoms with van der Waals surface area (Å²) in [6, 6.07) is 5.29. The lowest BCUT2D eigenvalue weighted by atomic mass is 9.79. The van der Waals surface area contributed by atoms with Gasteiger partial charge in [0.15, 0.2) is 0 Å². The van der Waals surface area contributed by atoms with Crippen molar-refractivity contribution < 1.29 is 4.39 Å². The highest BCUT2D eigenvalue weighted by molar-refractivity contribution is 5.85. The fraction of sp³-hybridized carbons (Fsp3) is 0.600. The van der Waals surface area contributed by atoms with Crippen molar-refractivity contribution >= 4 is 12.4 Å². The highest BCUT2D eigenvalue weighted by atomic mass is 35.5. The minimum atomic E-state index is -0.149. The smallest absolute Gasteiger partial charge is 0.123 e. The number of benzene rings is 1. The van der Waals surface area contributed by atoms with E-state index in [9.17, 15) is 4.39 Å². The van der Waals surface area contributed by atoms with Gasteiger partial charge in [0, 0.05) is 25.7 Å². The van der Waals surface area contributed by atoms with Gasteiger partial charge in [0.25, 0.3) is 0 Å². The summed E-state index contributed by atoms with van der Waals surface area (Å²) in [5.74, 6) is -0.149. The lowest BCUT2D eigenvalue weighted by Gasteiger charge is -2.42. The summed E-state index contributed by atoms with van der Waals surface area (Å²) in [5.41, 5.74) is 8.51. The number of hydrogen-bond acceptors (Lipinski definition) is 2. The van der Waals surface area contributed by atoms with Gasteiger partial charge in [-0.1, -0.05) is 19.9 Å². The third-order valence-corrected chi connectivity index (χ3v) is 4.10. The second-order valence-electron chi connectivity index (χ2n) is 6.17. The highest BCUT2D eigenvalue weighted by Gasteiger charge is 2.33. The van der Waals surface area contributed by atoms with E-state index in [4.69, 9.17) is 5.73 Å². The predicted octanol–water partition coefficient (Wildman–Crippen LogP) is 3.12. The van der Waals surface area contributed by atoms with Gasteiger partial charge in [-0.15, -0.1) is 12.4 Å². The number of halogens is 2. The van der Waals surface area contributed by atoms with Crippen molar-refractivity contribution in [2.24, 2.45) is 11.1 Å². The van der Waals surface area contributed by atoms with Gasteiger partial charge in [0.05, 0.1) is 0 Å². The number of hydrogen-bond donors (Lipinski definition) is 1. The van der Waals surface area contributed by atoms with Crippen molar-refractivity contribution in [1.29, 1.82) is 0 Å². The van der Waals surface area contributed by atoms with Crippen molar-refractivity contribution in [3.05, 3.63) is 35.1 Å². The average molecular weight is 287 g/mol. The molecule has 0 bridgehead atoms. The Morgan fingerprint density at radius 1 is 1.42 bits per heavy atom. The first-order valence-electron chi connectivity index (χ1n) is 6.61. The lowest BCUT2D eigenvalue weighted by Crippen LogP contribution is -2.52. The minimum absolute atomic E-state index is 0. The fourth-order valence-electron chi connectivity index (χ4n) is 2.67. The number of rotatable bonds is 2. The van der Waals surface area contributed by atoms with Crippen LogP contribution < -0.4 is 5.73 Å². The van der Waals surface area contributed by atoms with Gasteiger partial charge in [-0.2, -0.15) is 0 Å². The van der Waals surface area contributed by atoms with Crippen LogP contribution in [0.2, 0.25) is 0 Å². The first kappa shape index (κ1) is 16.4. The maximum absolute atomic E-state index is 13.3. The molecule has 2 nitrogen and oxygen atoms in total. The number of aryl methyl sites for hydroxylation is 1. The standard InChI is InChI=1S/C15H23FN2.ClH/c1-11-4-5-13(16)8-12(11)9-18-7-6-14(17)15(2,3)10-18;/h4-5,8,14H,6-7,9-10,17H2,1-3H3;1H. The van der Waals surface area contributed by atoms with Gasteiger partial charge in [-0.3, -0.25) is 4.90 Å². The summed E-state index contributed by atoms with van der Waals surface area (Å²) in [5, 5.41) is 0. The van der Waals surface area contributed by atoms with Gasteiger partial charge in [0.1, 0.15) is 5.82 Å². The molecule has 0 amide bonds. The Kier molecular flexibility index (Phi) is 5.36. The van der Waals surface area contributed by atoms with Gasteiger partial charge < -0.3 is 5.73 Å². The molecule has 1 atom stereocenters. The third-order valence-electron chi connectivity index (χ3n) is 4.10. The molecule has 0 aliphatic carbocycles. The quantitative estimate of drug-likeness (QED) is 0.905. The summed E-state index contributed by atoms with van der Waals surface area (Å²) in [6.07, 6.45) is 1.02. The Morgan fingerprint density at radius 2 is 2.11 bits per heavy atom. The zero-order chi connectivity index (χ0) is 13.3. The van der Waals surface area contributed by atoms with Crippen LogP contribution in [-0.2, 0) is 6.54 Å². The fourth-order valence-corrected chi connectivity index (χ4v) is 2.67. The normalized spacial score (nSPS) is 22.9. The number of likely N-dealkylation sites (tertiary alicyclic amines) is 1. The summed E-state index contributed by atoms with van der Waals surface area (Å²) in [7, 11) is 0. The molecule has 1 aromatic rings. The molecule has 19 heavy (non-hydrogen) atoms. The monoisotopic (exact) mass is 286 g/mol. The Morgan fingerprint density at radius 3 is 2.74 bits per heavy atom. The molecule has 0 spiro atoms. The van der Waals surface area contributed by atoms with Crippen LogP contribution in [0.1, 0.15) is 31.4 Å². The molecule has 2 rings (SSSR count). The van der Waals surface area contributed by atoms with Crippen LogP contribution in [0.15, 0.2) is 18.2 Å². The Bertz CT molecular complexity index is 434. The van der Waals surface area contributed by atoms with E-state index in [1.807, 2.05) is 13.0 Å². The first-order chi connectivity index (χ1) is 8.38. The Hall–Kier alpha value is -0.640. The molecule has 1 aliphatic heterocycles. The van der Waals surface area contributed by atoms with Gasteiger partial charge >= 0.3 is 0 Å². The van der Waals surface area contributed by atoms with Crippen LogP contribution in [-0.4, -0.2) is 24.0 Å². The molecule has 108 valence electrons. The summed E-state index contributed by atoms with van der Waals surface area (Å²) < 4.78 is 13.3. The molecule has 1 aromatic carbocycles. The van der Waals surface area contributed by atoms with E-state index in [0.717, 1.165) is 37.2 Å². The third kappa shape index (κ3) is 3.91. The largest absolute Gasteiger partial charge is 0.327 e. The average Bonchev–Trinajstić information content (AvgIpc) is 2.28. The van der Waals surface area contributed by atoms with Crippen LogP contribution in [0.4, 0.5) is 4.39 Å². The molecule has 2 N–H and O–H groups in total. The van der Waals surface area contributed by atoms with Crippen molar-refractivity contribution in [1.82, 2.24) is 4.90 Å². The number of piperidine rings is 1. The van der Waals surface area contributed by atoms with Gasteiger partial charge in [-0.25, -0.2) is 4.39 Å². The molecule has 4 heteroatoms. The summed E-state index contributed by atoms with van der Waals surface area (Å²) in [4.78, 5) is 2.38. The molecule has 0 aromatic heterocycles. The molecule has 1 fully saturated rings. The van der Waals surface area contributed by atoms with Crippen LogP contribution in [0.5, 0.6) is 0 Å². The van der Waals surface area contributed by atoms with Crippen molar-refractivity contribution in [3.63, 3.8) is 0 Å². The molecule has 1 aliphatic rings.